The number of ether oxygens (including phenoxy) is 1. The molecule has 2 rings (SSSR count). The van der Waals surface area contributed by atoms with Gasteiger partial charge in [0.1, 0.15) is 6.04 Å². The summed E-state index contributed by atoms with van der Waals surface area (Å²) in [5.74, 6) is -1.19. The van der Waals surface area contributed by atoms with E-state index in [0.29, 0.717) is 29.4 Å². The Labute approximate surface area is 138 Å². The molecule has 0 saturated carbocycles. The maximum Gasteiger partial charge on any atom is 0.326 e. The molecule has 0 bridgehead atoms. The minimum absolute atomic E-state index is 0.196. The van der Waals surface area contributed by atoms with E-state index in [0.717, 1.165) is 5.56 Å². The third-order valence-corrected chi connectivity index (χ3v) is 4.55. The fourth-order valence-electron chi connectivity index (χ4n) is 2.57. The maximum atomic E-state index is 12.3. The van der Waals surface area contributed by atoms with Crippen LogP contribution in [0.5, 0.6) is 0 Å². The first-order chi connectivity index (χ1) is 10.4. The molecule has 1 aliphatic heterocycles. The van der Waals surface area contributed by atoms with Crippen LogP contribution in [0.2, 0.25) is 10.0 Å². The number of carbonyl (C=O) groups is 2. The number of carbonyl (C=O) groups excluding carboxylic acids is 1. The van der Waals surface area contributed by atoms with Crippen molar-refractivity contribution in [1.82, 2.24) is 4.90 Å². The van der Waals surface area contributed by atoms with Crippen molar-refractivity contribution in [2.45, 2.75) is 31.4 Å². The molecule has 0 radical (unpaired) electrons. The molecule has 0 aromatic heterocycles. The summed E-state index contributed by atoms with van der Waals surface area (Å²) in [5.41, 5.74) is 0.886. The lowest BCUT2D eigenvalue weighted by molar-refractivity contribution is -0.148. The fourth-order valence-corrected chi connectivity index (χ4v) is 2.89. The van der Waals surface area contributed by atoms with Crippen molar-refractivity contribution < 1.29 is 19.4 Å². The zero-order valence-electron chi connectivity index (χ0n) is 12.1. The van der Waals surface area contributed by atoms with Gasteiger partial charge >= 0.3 is 5.97 Å². The van der Waals surface area contributed by atoms with E-state index in [1.54, 1.807) is 18.2 Å². The number of benzene rings is 1. The quantitative estimate of drug-likeness (QED) is 0.890. The van der Waals surface area contributed by atoms with E-state index in [-0.39, 0.29) is 18.4 Å². The summed E-state index contributed by atoms with van der Waals surface area (Å²) >= 11 is 11.8. The third kappa shape index (κ3) is 3.91. The van der Waals surface area contributed by atoms with Crippen molar-refractivity contribution in [1.29, 1.82) is 0 Å². The lowest BCUT2D eigenvalue weighted by Gasteiger charge is -2.21. The highest BCUT2D eigenvalue weighted by Crippen LogP contribution is 2.24. The Bertz CT molecular complexity index is 579. The molecule has 1 N–H and O–H groups in total. The van der Waals surface area contributed by atoms with Gasteiger partial charge in [0.2, 0.25) is 5.91 Å². The topological polar surface area (TPSA) is 66.8 Å². The van der Waals surface area contributed by atoms with Gasteiger partial charge < -0.3 is 14.7 Å². The van der Waals surface area contributed by atoms with Crippen molar-refractivity contribution in [2.75, 3.05) is 13.7 Å². The monoisotopic (exact) mass is 345 g/mol. The van der Waals surface area contributed by atoms with Crippen LogP contribution in [0.4, 0.5) is 0 Å². The van der Waals surface area contributed by atoms with E-state index >= 15 is 0 Å². The molecule has 0 spiro atoms. The Hall–Kier alpha value is -1.30. The van der Waals surface area contributed by atoms with E-state index in [2.05, 4.69) is 0 Å². The summed E-state index contributed by atoms with van der Waals surface area (Å²) in [5, 5.41) is 10.1. The second-order valence-electron chi connectivity index (χ2n) is 5.24. The number of hydrogen-bond donors (Lipinski definition) is 1. The fraction of sp³-hybridized carbons (Fsp3) is 0.467. The van der Waals surface area contributed by atoms with Gasteiger partial charge in [-0.2, -0.15) is 0 Å². The lowest BCUT2D eigenvalue weighted by atomic mass is 10.1. The minimum Gasteiger partial charge on any atom is -0.480 e. The van der Waals surface area contributed by atoms with Gasteiger partial charge in [0, 0.05) is 26.5 Å². The zero-order valence-corrected chi connectivity index (χ0v) is 13.6. The average Bonchev–Trinajstić information content (AvgIpc) is 2.93. The molecule has 2 atom stereocenters. The summed E-state index contributed by atoms with van der Waals surface area (Å²) in [7, 11) is 1.52. The highest BCUT2D eigenvalue weighted by molar-refractivity contribution is 6.42. The summed E-state index contributed by atoms with van der Waals surface area (Å²) in [6.07, 6.45) is 0.800. The van der Waals surface area contributed by atoms with Crippen LogP contribution >= 0.6 is 23.2 Å². The molecule has 7 heteroatoms. The van der Waals surface area contributed by atoms with Crippen LogP contribution in [-0.2, 0) is 20.7 Å². The first kappa shape index (κ1) is 17.1. The van der Waals surface area contributed by atoms with E-state index in [1.807, 2.05) is 0 Å². The molecule has 1 aromatic carbocycles. The molecule has 1 amide bonds. The Morgan fingerprint density at radius 1 is 1.36 bits per heavy atom. The zero-order chi connectivity index (χ0) is 16.3. The van der Waals surface area contributed by atoms with Crippen LogP contribution in [0.15, 0.2) is 18.2 Å². The van der Waals surface area contributed by atoms with Crippen LogP contribution in [0.1, 0.15) is 18.4 Å². The molecular weight excluding hydrogens is 329 g/mol. The number of carboxylic acids is 1. The third-order valence-electron chi connectivity index (χ3n) is 3.81. The number of halogens is 2. The number of likely N-dealkylation sites (tertiary alicyclic amines) is 1. The van der Waals surface area contributed by atoms with Gasteiger partial charge in [-0.15, -0.1) is 0 Å². The molecule has 1 saturated heterocycles. The van der Waals surface area contributed by atoms with E-state index in [1.165, 1.54) is 12.0 Å². The van der Waals surface area contributed by atoms with Gasteiger partial charge in [-0.1, -0.05) is 29.3 Å². The Kier molecular flexibility index (Phi) is 5.67. The van der Waals surface area contributed by atoms with Crippen molar-refractivity contribution in [3.8, 4) is 0 Å². The first-order valence-corrected chi connectivity index (χ1v) is 7.67. The largest absolute Gasteiger partial charge is 0.480 e. The predicted molar refractivity (Wildman–Crippen MR) is 83.3 cm³/mol. The number of rotatable bonds is 5. The van der Waals surface area contributed by atoms with Crippen LogP contribution in [-0.4, -0.2) is 47.7 Å². The van der Waals surface area contributed by atoms with Gasteiger partial charge in [0.15, 0.2) is 0 Å². The number of aryl methyl sites for hydroxylation is 1. The van der Waals surface area contributed by atoms with E-state index in [4.69, 9.17) is 27.9 Å². The van der Waals surface area contributed by atoms with E-state index in [9.17, 15) is 14.7 Å². The first-order valence-electron chi connectivity index (χ1n) is 6.91. The predicted octanol–water partition coefficient (Wildman–Crippen LogP) is 2.63. The standard InChI is InChI=1S/C15H17Cl2NO4/c1-22-10-7-13(15(20)21)18(8-10)14(19)5-3-9-2-4-11(16)12(17)6-9/h2,4,6,10,13H,3,5,7-8H2,1H3,(H,20,21). The molecule has 5 nitrogen and oxygen atoms in total. The maximum absolute atomic E-state index is 12.3. The Morgan fingerprint density at radius 2 is 2.09 bits per heavy atom. The second-order valence-corrected chi connectivity index (χ2v) is 6.06. The van der Waals surface area contributed by atoms with Gasteiger partial charge in [0.25, 0.3) is 0 Å². The molecule has 2 unspecified atom stereocenters. The van der Waals surface area contributed by atoms with Gasteiger partial charge in [-0.05, 0) is 24.1 Å². The Morgan fingerprint density at radius 3 is 2.68 bits per heavy atom. The minimum atomic E-state index is -0.998. The molecule has 22 heavy (non-hydrogen) atoms. The highest BCUT2D eigenvalue weighted by Gasteiger charge is 2.39. The SMILES string of the molecule is COC1CC(C(=O)O)N(C(=O)CCc2ccc(Cl)c(Cl)c2)C1. The highest BCUT2D eigenvalue weighted by atomic mass is 35.5. The molecule has 1 heterocycles. The molecular formula is C15H17Cl2NO4. The smallest absolute Gasteiger partial charge is 0.326 e. The summed E-state index contributed by atoms with van der Waals surface area (Å²) in [4.78, 5) is 24.9. The molecule has 1 aromatic rings. The summed E-state index contributed by atoms with van der Waals surface area (Å²) < 4.78 is 5.17. The second kappa shape index (κ2) is 7.31. The molecule has 0 aliphatic carbocycles. The molecule has 1 fully saturated rings. The van der Waals surface area contributed by atoms with Crippen molar-refractivity contribution in [3.63, 3.8) is 0 Å². The van der Waals surface area contributed by atoms with Gasteiger partial charge in [-0.25, -0.2) is 4.79 Å². The van der Waals surface area contributed by atoms with Crippen molar-refractivity contribution >= 4 is 35.1 Å². The lowest BCUT2D eigenvalue weighted by Crippen LogP contribution is -2.40. The number of methoxy groups -OCH3 is 1. The molecule has 1 aliphatic rings. The van der Waals surface area contributed by atoms with Crippen molar-refractivity contribution in [2.24, 2.45) is 0 Å². The number of aliphatic carboxylic acids is 1. The summed E-state index contributed by atoms with van der Waals surface area (Å²) in [6, 6.07) is 4.39. The van der Waals surface area contributed by atoms with Crippen LogP contribution in [0, 0.1) is 0 Å². The number of carboxylic acid groups (broad SMARTS) is 1. The number of amides is 1. The average molecular weight is 346 g/mol. The van der Waals surface area contributed by atoms with Crippen LogP contribution in [0.3, 0.4) is 0 Å². The van der Waals surface area contributed by atoms with Crippen molar-refractivity contribution in [3.05, 3.63) is 33.8 Å². The molecule has 120 valence electrons. The van der Waals surface area contributed by atoms with Gasteiger partial charge in [0.05, 0.1) is 16.1 Å². The van der Waals surface area contributed by atoms with Crippen LogP contribution in [0.25, 0.3) is 0 Å². The van der Waals surface area contributed by atoms with E-state index < -0.39 is 12.0 Å². The number of nitrogens with zero attached hydrogens (tertiary/aromatic N) is 1. The van der Waals surface area contributed by atoms with Crippen LogP contribution < -0.4 is 0 Å². The summed E-state index contributed by atoms with van der Waals surface area (Å²) in [6.45, 7) is 0.313. The number of hydrogen-bond acceptors (Lipinski definition) is 3. The Balaban J connectivity index is 1.98. The van der Waals surface area contributed by atoms with Gasteiger partial charge in [-0.3, -0.25) is 4.79 Å². The normalized spacial score (nSPS) is 21.1.